The SMILES string of the molecule is CCNCC(=O)N1CCN(C(=O)O)C(CC(=O)Nc2ccc(C)cc2)C1. The van der Waals surface area contributed by atoms with E-state index in [9.17, 15) is 19.5 Å². The van der Waals surface area contributed by atoms with Gasteiger partial charge in [-0.05, 0) is 25.6 Å². The fourth-order valence-corrected chi connectivity index (χ4v) is 2.92. The van der Waals surface area contributed by atoms with Crippen molar-refractivity contribution in [1.29, 1.82) is 0 Å². The molecular weight excluding hydrogens is 336 g/mol. The Hall–Kier alpha value is -2.61. The summed E-state index contributed by atoms with van der Waals surface area (Å²) >= 11 is 0. The number of hydrogen-bond acceptors (Lipinski definition) is 4. The first-order valence-electron chi connectivity index (χ1n) is 8.75. The molecule has 0 radical (unpaired) electrons. The summed E-state index contributed by atoms with van der Waals surface area (Å²) in [6.07, 6.45) is -1.07. The molecule has 1 heterocycles. The van der Waals surface area contributed by atoms with Gasteiger partial charge in [-0.15, -0.1) is 0 Å². The summed E-state index contributed by atoms with van der Waals surface area (Å²) in [6, 6.07) is 6.82. The third-order valence-electron chi connectivity index (χ3n) is 4.36. The maximum atomic E-state index is 12.3. The number of rotatable bonds is 6. The molecule has 1 atom stereocenters. The van der Waals surface area contributed by atoms with Gasteiger partial charge in [0.05, 0.1) is 12.6 Å². The number of nitrogens with one attached hydrogen (secondary N) is 2. The van der Waals surface area contributed by atoms with Crippen LogP contribution in [0.25, 0.3) is 0 Å². The fourth-order valence-electron chi connectivity index (χ4n) is 2.92. The standard InChI is InChI=1S/C18H26N4O4/c1-3-19-11-17(24)21-8-9-22(18(25)26)15(12-21)10-16(23)20-14-6-4-13(2)5-7-14/h4-7,15,19H,3,8-12H2,1-2H3,(H,20,23)(H,25,26). The maximum Gasteiger partial charge on any atom is 0.407 e. The van der Waals surface area contributed by atoms with E-state index in [-0.39, 0.29) is 37.9 Å². The zero-order valence-electron chi connectivity index (χ0n) is 15.2. The molecule has 0 spiro atoms. The molecule has 3 amide bonds. The molecule has 0 aliphatic carbocycles. The highest BCUT2D eigenvalue weighted by atomic mass is 16.4. The predicted molar refractivity (Wildman–Crippen MR) is 98.1 cm³/mol. The molecule has 8 nitrogen and oxygen atoms in total. The zero-order chi connectivity index (χ0) is 19.1. The van der Waals surface area contributed by atoms with Crippen LogP contribution >= 0.6 is 0 Å². The van der Waals surface area contributed by atoms with Crippen LogP contribution in [-0.4, -0.2) is 71.6 Å². The first kappa shape index (κ1) is 19.7. The van der Waals surface area contributed by atoms with Gasteiger partial charge in [0.1, 0.15) is 0 Å². The summed E-state index contributed by atoms with van der Waals surface area (Å²) in [4.78, 5) is 38.8. The quantitative estimate of drug-likeness (QED) is 0.704. The number of likely N-dealkylation sites (N-methyl/N-ethyl adjacent to an activating group) is 1. The van der Waals surface area contributed by atoms with Gasteiger partial charge in [-0.1, -0.05) is 24.6 Å². The van der Waals surface area contributed by atoms with E-state index < -0.39 is 12.1 Å². The Morgan fingerprint density at radius 3 is 2.50 bits per heavy atom. The minimum Gasteiger partial charge on any atom is -0.465 e. The van der Waals surface area contributed by atoms with Gasteiger partial charge in [-0.3, -0.25) is 9.59 Å². The topological polar surface area (TPSA) is 102 Å². The minimum atomic E-state index is -1.07. The van der Waals surface area contributed by atoms with E-state index in [1.807, 2.05) is 26.0 Å². The number of hydrogen-bond donors (Lipinski definition) is 3. The smallest absolute Gasteiger partial charge is 0.407 e. The Morgan fingerprint density at radius 2 is 1.88 bits per heavy atom. The highest BCUT2D eigenvalue weighted by molar-refractivity contribution is 5.91. The molecule has 26 heavy (non-hydrogen) atoms. The van der Waals surface area contributed by atoms with E-state index in [4.69, 9.17) is 0 Å². The number of amides is 3. The molecule has 1 aromatic carbocycles. The maximum absolute atomic E-state index is 12.3. The lowest BCUT2D eigenvalue weighted by atomic mass is 10.1. The summed E-state index contributed by atoms with van der Waals surface area (Å²) in [5, 5.41) is 15.1. The van der Waals surface area contributed by atoms with E-state index in [1.54, 1.807) is 17.0 Å². The van der Waals surface area contributed by atoms with Crippen molar-refractivity contribution in [1.82, 2.24) is 15.1 Å². The van der Waals surface area contributed by atoms with Crippen molar-refractivity contribution in [2.45, 2.75) is 26.3 Å². The first-order valence-corrected chi connectivity index (χ1v) is 8.75. The summed E-state index contributed by atoms with van der Waals surface area (Å²) in [5.41, 5.74) is 1.75. The summed E-state index contributed by atoms with van der Waals surface area (Å²) in [6.45, 7) is 5.53. The largest absolute Gasteiger partial charge is 0.465 e. The number of aryl methyl sites for hydroxylation is 1. The Bertz CT molecular complexity index is 647. The number of nitrogens with zero attached hydrogens (tertiary/aromatic N) is 2. The molecule has 3 N–H and O–H groups in total. The van der Waals surface area contributed by atoms with Gasteiger partial charge in [0.15, 0.2) is 0 Å². The molecule has 1 unspecified atom stereocenters. The molecule has 1 aliphatic heterocycles. The van der Waals surface area contributed by atoms with Crippen molar-refractivity contribution in [2.24, 2.45) is 0 Å². The average molecular weight is 362 g/mol. The molecule has 0 saturated carbocycles. The Kier molecular flexibility index (Phi) is 6.97. The number of carbonyl (C=O) groups is 3. The Balaban J connectivity index is 1.99. The third kappa shape index (κ3) is 5.45. The molecule has 2 rings (SSSR count). The lowest BCUT2D eigenvalue weighted by molar-refractivity contribution is -0.133. The van der Waals surface area contributed by atoms with Crippen LogP contribution in [0, 0.1) is 6.92 Å². The summed E-state index contributed by atoms with van der Waals surface area (Å²) in [5.74, 6) is -0.355. The predicted octanol–water partition coefficient (Wildman–Crippen LogP) is 1.12. The number of piperazine rings is 1. The van der Waals surface area contributed by atoms with Crippen LogP contribution in [0.3, 0.4) is 0 Å². The molecule has 0 bridgehead atoms. The van der Waals surface area contributed by atoms with Gasteiger partial charge < -0.3 is 25.5 Å². The van der Waals surface area contributed by atoms with Crippen LogP contribution in [-0.2, 0) is 9.59 Å². The molecule has 1 saturated heterocycles. The monoisotopic (exact) mass is 362 g/mol. The van der Waals surface area contributed by atoms with Crippen LogP contribution in [0.5, 0.6) is 0 Å². The normalized spacial score (nSPS) is 17.1. The van der Waals surface area contributed by atoms with Crippen molar-refractivity contribution in [3.63, 3.8) is 0 Å². The van der Waals surface area contributed by atoms with Crippen molar-refractivity contribution in [3.05, 3.63) is 29.8 Å². The second-order valence-corrected chi connectivity index (χ2v) is 6.37. The number of benzene rings is 1. The van der Waals surface area contributed by atoms with Crippen LogP contribution in [0.4, 0.5) is 10.5 Å². The molecule has 1 fully saturated rings. The summed E-state index contributed by atoms with van der Waals surface area (Å²) < 4.78 is 0. The molecule has 1 aliphatic rings. The van der Waals surface area contributed by atoms with Crippen molar-refractivity contribution in [2.75, 3.05) is 38.0 Å². The lowest BCUT2D eigenvalue weighted by Crippen LogP contribution is -2.58. The van der Waals surface area contributed by atoms with E-state index in [2.05, 4.69) is 10.6 Å². The number of carbonyl (C=O) groups excluding carboxylic acids is 2. The Morgan fingerprint density at radius 1 is 1.19 bits per heavy atom. The van der Waals surface area contributed by atoms with Crippen molar-refractivity contribution in [3.8, 4) is 0 Å². The van der Waals surface area contributed by atoms with Gasteiger partial charge in [-0.2, -0.15) is 0 Å². The van der Waals surface area contributed by atoms with E-state index >= 15 is 0 Å². The number of anilines is 1. The van der Waals surface area contributed by atoms with Gasteiger partial charge in [0.2, 0.25) is 11.8 Å². The highest BCUT2D eigenvalue weighted by Gasteiger charge is 2.33. The molecule has 8 heteroatoms. The van der Waals surface area contributed by atoms with Crippen LogP contribution in [0.15, 0.2) is 24.3 Å². The van der Waals surface area contributed by atoms with Crippen LogP contribution in [0.2, 0.25) is 0 Å². The molecule has 142 valence electrons. The third-order valence-corrected chi connectivity index (χ3v) is 4.36. The molecular formula is C18H26N4O4. The van der Waals surface area contributed by atoms with Gasteiger partial charge in [0.25, 0.3) is 0 Å². The number of carboxylic acid groups (broad SMARTS) is 1. The highest BCUT2D eigenvalue weighted by Crippen LogP contribution is 2.16. The van der Waals surface area contributed by atoms with Gasteiger partial charge in [0, 0.05) is 31.7 Å². The van der Waals surface area contributed by atoms with Crippen LogP contribution < -0.4 is 10.6 Å². The van der Waals surface area contributed by atoms with E-state index in [0.29, 0.717) is 18.8 Å². The molecule has 1 aromatic rings. The first-order chi connectivity index (χ1) is 12.4. The van der Waals surface area contributed by atoms with E-state index in [1.165, 1.54) is 4.90 Å². The second-order valence-electron chi connectivity index (χ2n) is 6.37. The van der Waals surface area contributed by atoms with Crippen LogP contribution in [0.1, 0.15) is 18.9 Å². The van der Waals surface area contributed by atoms with E-state index in [0.717, 1.165) is 5.56 Å². The molecule has 0 aromatic heterocycles. The zero-order valence-corrected chi connectivity index (χ0v) is 15.2. The van der Waals surface area contributed by atoms with Gasteiger partial charge in [-0.25, -0.2) is 4.79 Å². The van der Waals surface area contributed by atoms with Crippen molar-refractivity contribution < 1.29 is 19.5 Å². The minimum absolute atomic E-state index is 0.00512. The summed E-state index contributed by atoms with van der Waals surface area (Å²) in [7, 11) is 0. The second kappa shape index (κ2) is 9.19. The van der Waals surface area contributed by atoms with Gasteiger partial charge >= 0.3 is 6.09 Å². The lowest BCUT2D eigenvalue weighted by Gasteiger charge is -2.39. The average Bonchev–Trinajstić information content (AvgIpc) is 2.61. The fraction of sp³-hybridized carbons (Fsp3) is 0.500. The Labute approximate surface area is 153 Å². The van der Waals surface area contributed by atoms with Crippen molar-refractivity contribution >= 4 is 23.6 Å².